The lowest BCUT2D eigenvalue weighted by Crippen LogP contribution is -2.49. The molecule has 0 bridgehead atoms. The lowest BCUT2D eigenvalue weighted by atomic mass is 9.73. The van der Waals surface area contributed by atoms with Crippen molar-refractivity contribution >= 4 is 23.9 Å². The highest BCUT2D eigenvalue weighted by Gasteiger charge is 2.54. The maximum absolute atomic E-state index is 16.6. The minimum absolute atomic E-state index is 0.00806. The predicted molar refractivity (Wildman–Crippen MR) is 158 cm³/mol. The third-order valence-electron chi connectivity index (χ3n) is 8.28. The summed E-state index contributed by atoms with van der Waals surface area (Å²) in [6, 6.07) is 0. The van der Waals surface area contributed by atoms with E-state index in [1.807, 2.05) is 20.8 Å². The topological polar surface area (TPSA) is 125 Å². The highest BCUT2D eigenvalue weighted by atomic mass is 19.4. The summed E-state index contributed by atoms with van der Waals surface area (Å²) in [6.45, 7) is 17.6. The Morgan fingerprint density at radius 1 is 0.800 bits per heavy atom. The summed E-state index contributed by atoms with van der Waals surface area (Å²) in [7, 11) is 0. The number of carbonyl (C=O) groups excluding carboxylic acids is 4. The van der Waals surface area contributed by atoms with Crippen LogP contribution in [0.5, 0.6) is 0 Å². The van der Waals surface area contributed by atoms with Gasteiger partial charge in [-0.15, -0.1) is 0 Å². The van der Waals surface area contributed by atoms with Crippen LogP contribution >= 0.6 is 0 Å². The summed E-state index contributed by atoms with van der Waals surface area (Å²) in [6.07, 6.45) is -9.50. The summed E-state index contributed by atoms with van der Waals surface area (Å²) in [5, 5.41) is 10.0. The molecule has 0 aromatic rings. The molecule has 0 radical (unpaired) electrons. The summed E-state index contributed by atoms with van der Waals surface area (Å²) < 4.78 is 77.7. The molecule has 9 nitrogen and oxygen atoms in total. The van der Waals surface area contributed by atoms with Gasteiger partial charge in [0.05, 0.1) is 17.9 Å². The Hall–Kier alpha value is -2.44. The van der Waals surface area contributed by atoms with Gasteiger partial charge >= 0.3 is 30.1 Å². The molecule has 0 amide bonds. The van der Waals surface area contributed by atoms with Crippen LogP contribution in [0.2, 0.25) is 0 Å². The molecule has 13 heteroatoms. The Kier molecular flexibility index (Phi) is 15.0. The summed E-state index contributed by atoms with van der Waals surface area (Å²) in [5.74, 6) is -5.50. The first-order chi connectivity index (χ1) is 20.1. The van der Waals surface area contributed by atoms with E-state index in [4.69, 9.17) is 18.9 Å². The number of rotatable bonds is 17. The van der Waals surface area contributed by atoms with Gasteiger partial charge in [0.25, 0.3) is 0 Å². The van der Waals surface area contributed by atoms with Crippen molar-refractivity contribution in [3.05, 3.63) is 0 Å². The van der Waals surface area contributed by atoms with Gasteiger partial charge in [-0.3, -0.25) is 9.59 Å². The molecule has 0 heterocycles. The smallest absolute Gasteiger partial charge is 0.417 e. The van der Waals surface area contributed by atoms with Crippen molar-refractivity contribution in [1.29, 1.82) is 0 Å². The van der Waals surface area contributed by atoms with Crippen molar-refractivity contribution in [1.82, 2.24) is 0 Å². The van der Waals surface area contributed by atoms with Crippen molar-refractivity contribution in [3.8, 4) is 0 Å². The molecule has 5 atom stereocenters. The molecule has 0 saturated heterocycles. The summed E-state index contributed by atoms with van der Waals surface area (Å²) in [5.41, 5.74) is -9.45. The molecular formula is C32H54F4O9. The fraction of sp³-hybridized carbons (Fsp3) is 0.875. The zero-order valence-corrected chi connectivity index (χ0v) is 28.9. The minimum atomic E-state index is -5.04. The second kappa shape index (κ2) is 15.9. The lowest BCUT2D eigenvalue weighted by Gasteiger charge is -2.40. The van der Waals surface area contributed by atoms with Crippen LogP contribution in [0.3, 0.4) is 0 Å². The molecule has 5 unspecified atom stereocenters. The zero-order valence-electron chi connectivity index (χ0n) is 28.9. The number of ether oxygens (including phenoxy) is 4. The van der Waals surface area contributed by atoms with Gasteiger partial charge in [0.1, 0.15) is 11.7 Å². The van der Waals surface area contributed by atoms with Gasteiger partial charge in [-0.05, 0) is 59.8 Å². The monoisotopic (exact) mass is 658 g/mol. The molecule has 45 heavy (non-hydrogen) atoms. The van der Waals surface area contributed by atoms with Crippen LogP contribution in [0.15, 0.2) is 0 Å². The summed E-state index contributed by atoms with van der Waals surface area (Å²) in [4.78, 5) is 51.7. The van der Waals surface area contributed by atoms with Crippen LogP contribution < -0.4 is 0 Å². The standard InChI is InChI=1S/C32H54F4O9/c1-13-31(33,26(40)44-22(15-20(3)4)17-30(12,41)32(34,35)36)19-29(11,25(39)43-18-23(37)42-14-2)16-21(5)24(38)45-28(9,10)27(6,7)8/h20-22,41H,13-19H2,1-12H3. The zero-order chi connectivity index (χ0) is 35.8. The molecule has 1 N–H and O–H groups in total. The Labute approximate surface area is 265 Å². The maximum atomic E-state index is 16.6. The van der Waals surface area contributed by atoms with Crippen molar-refractivity contribution < 1.29 is 60.8 Å². The second-order valence-electron chi connectivity index (χ2n) is 14.4. The van der Waals surface area contributed by atoms with Gasteiger partial charge in [-0.2, -0.15) is 13.2 Å². The number of aliphatic hydroxyl groups is 1. The fourth-order valence-corrected chi connectivity index (χ4v) is 4.47. The van der Waals surface area contributed by atoms with Crippen LogP contribution in [0, 0.1) is 22.7 Å². The van der Waals surface area contributed by atoms with Gasteiger partial charge in [0.15, 0.2) is 12.2 Å². The minimum Gasteiger partial charge on any atom is -0.463 e. The van der Waals surface area contributed by atoms with E-state index in [-0.39, 0.29) is 25.4 Å². The van der Waals surface area contributed by atoms with Crippen molar-refractivity contribution in [2.75, 3.05) is 13.2 Å². The number of halogens is 4. The Morgan fingerprint density at radius 3 is 1.76 bits per heavy atom. The van der Waals surface area contributed by atoms with Crippen molar-refractivity contribution in [2.45, 2.75) is 144 Å². The molecule has 0 aliphatic heterocycles. The molecule has 0 saturated carbocycles. The van der Waals surface area contributed by atoms with E-state index in [9.17, 15) is 37.5 Å². The van der Waals surface area contributed by atoms with E-state index < -0.39 is 95.6 Å². The second-order valence-corrected chi connectivity index (χ2v) is 14.4. The van der Waals surface area contributed by atoms with E-state index in [0.29, 0.717) is 6.92 Å². The average Bonchev–Trinajstić information content (AvgIpc) is 2.84. The van der Waals surface area contributed by atoms with E-state index >= 15 is 4.39 Å². The number of hydrogen-bond acceptors (Lipinski definition) is 9. The van der Waals surface area contributed by atoms with Crippen LogP contribution in [0.4, 0.5) is 17.6 Å². The van der Waals surface area contributed by atoms with Crippen LogP contribution in [0.1, 0.15) is 115 Å². The number of carbonyl (C=O) groups is 4. The SMILES string of the molecule is CCOC(=O)COC(=O)C(C)(CC(C)C(=O)OC(C)(C)C(C)(C)C)CC(F)(CC)C(=O)OC(CC(C)C)CC(C)(O)C(F)(F)F. The normalized spacial score (nSPS) is 18.1. The number of alkyl halides is 4. The maximum Gasteiger partial charge on any atom is 0.417 e. The molecule has 0 aliphatic rings. The van der Waals surface area contributed by atoms with Gasteiger partial charge in [0.2, 0.25) is 5.67 Å². The quantitative estimate of drug-likeness (QED) is 0.104. The van der Waals surface area contributed by atoms with Gasteiger partial charge in [-0.25, -0.2) is 14.0 Å². The lowest BCUT2D eigenvalue weighted by molar-refractivity contribution is -0.262. The van der Waals surface area contributed by atoms with Crippen molar-refractivity contribution in [2.24, 2.45) is 22.7 Å². The predicted octanol–water partition coefficient (Wildman–Crippen LogP) is 6.66. The molecule has 0 aliphatic carbocycles. The Bertz CT molecular complexity index is 1020. The van der Waals surface area contributed by atoms with Crippen molar-refractivity contribution in [3.63, 3.8) is 0 Å². The third kappa shape index (κ3) is 12.7. The molecule has 0 fully saturated rings. The van der Waals surface area contributed by atoms with E-state index in [1.54, 1.807) is 34.6 Å². The highest BCUT2D eigenvalue weighted by Crippen LogP contribution is 2.42. The van der Waals surface area contributed by atoms with Gasteiger partial charge in [0, 0.05) is 18.3 Å². The van der Waals surface area contributed by atoms with E-state index in [0.717, 1.165) is 0 Å². The molecule has 264 valence electrons. The molecule has 0 aromatic carbocycles. The highest BCUT2D eigenvalue weighted by molar-refractivity contribution is 5.84. The number of hydrogen-bond donors (Lipinski definition) is 1. The summed E-state index contributed by atoms with van der Waals surface area (Å²) >= 11 is 0. The van der Waals surface area contributed by atoms with Crippen LogP contribution in [-0.4, -0.2) is 71.3 Å². The molecule has 0 rings (SSSR count). The van der Waals surface area contributed by atoms with Gasteiger partial charge < -0.3 is 24.1 Å². The van der Waals surface area contributed by atoms with Crippen LogP contribution in [-0.2, 0) is 38.1 Å². The van der Waals surface area contributed by atoms with E-state index in [1.165, 1.54) is 20.8 Å². The van der Waals surface area contributed by atoms with E-state index in [2.05, 4.69) is 0 Å². The number of esters is 4. The third-order valence-corrected chi connectivity index (χ3v) is 8.28. The molecule has 0 spiro atoms. The largest absolute Gasteiger partial charge is 0.463 e. The average molecular weight is 659 g/mol. The molecular weight excluding hydrogens is 604 g/mol. The Balaban J connectivity index is 6.43. The molecule has 0 aromatic heterocycles. The first-order valence-corrected chi connectivity index (χ1v) is 15.3. The van der Waals surface area contributed by atoms with Crippen LogP contribution in [0.25, 0.3) is 0 Å². The Morgan fingerprint density at radius 2 is 1.33 bits per heavy atom. The fourth-order valence-electron chi connectivity index (χ4n) is 4.47. The first kappa shape index (κ1) is 42.6. The van der Waals surface area contributed by atoms with Gasteiger partial charge in [-0.1, -0.05) is 48.5 Å². The first-order valence-electron chi connectivity index (χ1n) is 15.3.